The van der Waals surface area contributed by atoms with Crippen LogP contribution >= 0.6 is 0 Å². The number of benzene rings is 2. The lowest BCUT2D eigenvalue weighted by molar-refractivity contribution is 0.504. The molecule has 0 spiro atoms. The van der Waals surface area contributed by atoms with Crippen molar-refractivity contribution in [3.63, 3.8) is 0 Å². The van der Waals surface area contributed by atoms with Crippen LogP contribution in [0.25, 0.3) is 27.8 Å². The highest BCUT2D eigenvalue weighted by molar-refractivity contribution is 5.81. The average Bonchev–Trinajstić information content (AvgIpc) is 3.44. The van der Waals surface area contributed by atoms with Crippen LogP contribution in [0, 0.1) is 17.1 Å². The molecule has 0 bridgehead atoms. The van der Waals surface area contributed by atoms with E-state index in [1.54, 1.807) is 28.7 Å². The Morgan fingerprint density at radius 3 is 2.34 bits per heavy atom. The Hall–Kier alpha value is -3.66. The molecule has 1 saturated carbocycles. The smallest absolute Gasteiger partial charge is 0.148 e. The maximum absolute atomic E-state index is 14.1. The summed E-state index contributed by atoms with van der Waals surface area (Å²) in [6.07, 6.45) is 10.8. The molecule has 164 valence electrons. The van der Waals surface area contributed by atoms with Crippen molar-refractivity contribution in [1.29, 1.82) is 5.26 Å². The molecule has 0 amide bonds. The molecule has 1 N–H and O–H groups in total. The zero-order chi connectivity index (χ0) is 22.5. The predicted octanol–water partition coefficient (Wildman–Crippen LogP) is 5.82. The van der Waals surface area contributed by atoms with Gasteiger partial charge >= 0.3 is 0 Å². The first kappa shape index (κ1) is 21.6. The standard InChI is InChI=1S/C19H15FN6.C6H12/c1-22-19-9-18(12-3-4-13(10-21)16(20)8-12)26(24-19)15-5-6-17-14(7-15)11-23-25(17)2;1-2-4-6-5-3-1/h3-9,11H,1-2H3,(H,22,24);1-6H2. The zero-order valence-corrected chi connectivity index (χ0v) is 18.5. The lowest BCUT2D eigenvalue weighted by atomic mass is 10.0. The summed E-state index contributed by atoms with van der Waals surface area (Å²) in [7, 11) is 3.67. The Kier molecular flexibility index (Phi) is 6.50. The van der Waals surface area contributed by atoms with Crippen molar-refractivity contribution in [1.82, 2.24) is 19.6 Å². The van der Waals surface area contributed by atoms with Crippen LogP contribution in [0.2, 0.25) is 0 Å². The van der Waals surface area contributed by atoms with Gasteiger partial charge in [0.15, 0.2) is 0 Å². The molecule has 2 heterocycles. The number of nitrogens with one attached hydrogen (secondary N) is 1. The molecule has 2 aromatic heterocycles. The number of aromatic nitrogens is 4. The topological polar surface area (TPSA) is 71.5 Å². The minimum Gasteiger partial charge on any atom is -0.372 e. The molecular weight excluding hydrogens is 403 g/mol. The van der Waals surface area contributed by atoms with E-state index in [-0.39, 0.29) is 5.56 Å². The largest absolute Gasteiger partial charge is 0.372 e. The lowest BCUT2D eigenvalue weighted by Crippen LogP contribution is -2.00. The number of halogens is 1. The number of fused-ring (bicyclic) bond motifs is 1. The van der Waals surface area contributed by atoms with Crippen molar-refractivity contribution in [3.05, 3.63) is 60.0 Å². The van der Waals surface area contributed by atoms with E-state index in [1.807, 2.05) is 37.4 Å². The van der Waals surface area contributed by atoms with Gasteiger partial charge in [0, 0.05) is 31.1 Å². The number of rotatable bonds is 3. The van der Waals surface area contributed by atoms with Gasteiger partial charge in [-0.1, -0.05) is 44.6 Å². The van der Waals surface area contributed by atoms with Crippen molar-refractivity contribution in [2.24, 2.45) is 7.05 Å². The molecule has 4 aromatic rings. The van der Waals surface area contributed by atoms with Crippen LogP contribution in [0.1, 0.15) is 44.1 Å². The van der Waals surface area contributed by atoms with Crippen LogP contribution in [-0.4, -0.2) is 26.6 Å². The van der Waals surface area contributed by atoms with Crippen molar-refractivity contribution in [2.75, 3.05) is 12.4 Å². The number of hydrogen-bond donors (Lipinski definition) is 1. The van der Waals surface area contributed by atoms with E-state index in [4.69, 9.17) is 5.26 Å². The Morgan fingerprint density at radius 1 is 1.00 bits per heavy atom. The Labute approximate surface area is 187 Å². The minimum atomic E-state index is -0.550. The molecule has 0 aliphatic heterocycles. The van der Waals surface area contributed by atoms with Crippen LogP contribution < -0.4 is 5.32 Å². The normalized spacial score (nSPS) is 13.3. The average molecular weight is 431 g/mol. The molecular formula is C25H27FN6. The Bertz CT molecular complexity index is 1250. The predicted molar refractivity (Wildman–Crippen MR) is 125 cm³/mol. The summed E-state index contributed by atoms with van der Waals surface area (Å²) in [6, 6.07) is 14.1. The number of nitrogens with zero attached hydrogens (tertiary/aromatic N) is 5. The highest BCUT2D eigenvalue weighted by atomic mass is 19.1. The minimum absolute atomic E-state index is 0.0189. The van der Waals surface area contributed by atoms with Crippen LogP contribution in [0.4, 0.5) is 10.2 Å². The third-order valence-corrected chi connectivity index (χ3v) is 5.83. The molecule has 0 saturated heterocycles. The van der Waals surface area contributed by atoms with E-state index in [9.17, 15) is 4.39 Å². The van der Waals surface area contributed by atoms with Crippen LogP contribution in [-0.2, 0) is 7.05 Å². The molecule has 32 heavy (non-hydrogen) atoms. The lowest BCUT2D eigenvalue weighted by Gasteiger charge is -2.08. The van der Waals surface area contributed by atoms with Crippen molar-refractivity contribution in [3.8, 4) is 23.0 Å². The summed E-state index contributed by atoms with van der Waals surface area (Å²) in [5, 5.41) is 21.7. The first-order chi connectivity index (χ1) is 15.6. The number of nitriles is 1. The van der Waals surface area contributed by atoms with E-state index >= 15 is 0 Å². The van der Waals surface area contributed by atoms with Gasteiger partial charge in [-0.2, -0.15) is 10.4 Å². The van der Waals surface area contributed by atoms with Gasteiger partial charge in [0.05, 0.1) is 28.7 Å². The molecule has 2 aromatic carbocycles. The highest BCUT2D eigenvalue weighted by Gasteiger charge is 2.14. The Balaban J connectivity index is 0.000000354. The van der Waals surface area contributed by atoms with Crippen molar-refractivity contribution < 1.29 is 4.39 Å². The second kappa shape index (κ2) is 9.65. The van der Waals surface area contributed by atoms with Crippen molar-refractivity contribution in [2.45, 2.75) is 38.5 Å². The fourth-order valence-electron chi connectivity index (χ4n) is 4.01. The van der Waals surface area contributed by atoms with E-state index in [0.717, 1.165) is 22.3 Å². The van der Waals surface area contributed by atoms with Crippen molar-refractivity contribution >= 4 is 16.7 Å². The van der Waals surface area contributed by atoms with Crippen LogP contribution in [0.3, 0.4) is 0 Å². The number of hydrogen-bond acceptors (Lipinski definition) is 4. The second-order valence-electron chi connectivity index (χ2n) is 8.02. The van der Waals surface area contributed by atoms with Crippen LogP contribution in [0.5, 0.6) is 0 Å². The SMILES string of the molecule is C1CCCCC1.CNc1cc(-c2ccc(C#N)c(F)c2)n(-c2ccc3c(cnn3C)c2)n1. The van der Waals surface area contributed by atoms with Gasteiger partial charge in [0.2, 0.25) is 0 Å². The molecule has 7 heteroatoms. The maximum Gasteiger partial charge on any atom is 0.148 e. The monoisotopic (exact) mass is 430 g/mol. The molecule has 1 aliphatic carbocycles. The maximum atomic E-state index is 14.1. The van der Waals surface area contributed by atoms with Gasteiger partial charge in [-0.05, 0) is 30.3 Å². The third-order valence-electron chi connectivity index (χ3n) is 5.83. The zero-order valence-electron chi connectivity index (χ0n) is 18.5. The first-order valence-corrected chi connectivity index (χ1v) is 11.0. The summed E-state index contributed by atoms with van der Waals surface area (Å²) in [6.45, 7) is 0. The van der Waals surface area contributed by atoms with E-state index < -0.39 is 5.82 Å². The van der Waals surface area contributed by atoms with E-state index in [2.05, 4.69) is 15.5 Å². The summed E-state index contributed by atoms with van der Waals surface area (Å²) >= 11 is 0. The molecule has 0 atom stereocenters. The van der Waals surface area contributed by atoms with E-state index in [1.165, 1.54) is 50.7 Å². The van der Waals surface area contributed by atoms with Gasteiger partial charge in [-0.25, -0.2) is 9.07 Å². The molecule has 0 unspecified atom stereocenters. The summed E-state index contributed by atoms with van der Waals surface area (Å²) in [4.78, 5) is 0. The number of aryl methyl sites for hydroxylation is 1. The summed E-state index contributed by atoms with van der Waals surface area (Å²) < 4.78 is 17.6. The molecule has 5 rings (SSSR count). The quantitative estimate of drug-likeness (QED) is 0.445. The fourth-order valence-corrected chi connectivity index (χ4v) is 4.01. The molecule has 1 aliphatic rings. The molecule has 6 nitrogen and oxygen atoms in total. The van der Waals surface area contributed by atoms with E-state index in [0.29, 0.717) is 11.4 Å². The Morgan fingerprint density at radius 2 is 1.72 bits per heavy atom. The molecule has 0 radical (unpaired) electrons. The molecule has 1 fully saturated rings. The van der Waals surface area contributed by atoms with Crippen LogP contribution in [0.15, 0.2) is 48.7 Å². The van der Waals surface area contributed by atoms with Gasteiger partial charge in [0.1, 0.15) is 17.7 Å². The number of anilines is 1. The fraction of sp³-hybridized carbons (Fsp3) is 0.320. The summed E-state index contributed by atoms with van der Waals surface area (Å²) in [5.41, 5.74) is 3.24. The third kappa shape index (κ3) is 4.50. The van der Waals surface area contributed by atoms with Gasteiger partial charge in [-0.15, -0.1) is 5.10 Å². The summed E-state index contributed by atoms with van der Waals surface area (Å²) in [5.74, 6) is 0.113. The first-order valence-electron chi connectivity index (χ1n) is 11.0. The second-order valence-corrected chi connectivity index (χ2v) is 8.02. The van der Waals surface area contributed by atoms with Gasteiger partial charge in [-0.3, -0.25) is 4.68 Å². The van der Waals surface area contributed by atoms with Gasteiger partial charge < -0.3 is 5.32 Å². The van der Waals surface area contributed by atoms with Gasteiger partial charge in [0.25, 0.3) is 0 Å². The highest BCUT2D eigenvalue weighted by Crippen LogP contribution is 2.28.